The van der Waals surface area contributed by atoms with Crippen molar-refractivity contribution in [3.8, 4) is 0 Å². The summed E-state index contributed by atoms with van der Waals surface area (Å²) in [7, 11) is 0. The van der Waals surface area contributed by atoms with Gasteiger partial charge >= 0.3 is 0 Å². The molecule has 0 spiro atoms. The summed E-state index contributed by atoms with van der Waals surface area (Å²) in [5.41, 5.74) is 0.304. The molecule has 5 fully saturated rings. The summed E-state index contributed by atoms with van der Waals surface area (Å²) in [5.74, 6) is 2.35. The molecule has 138 valence electrons. The Morgan fingerprint density at radius 3 is 2.08 bits per heavy atom. The Hall–Kier alpha value is -1.39. The zero-order valence-electron chi connectivity index (χ0n) is 15.3. The van der Waals surface area contributed by atoms with Crippen molar-refractivity contribution in [1.82, 2.24) is 10.2 Å². The Bertz CT molecular complexity index is 534. The molecule has 0 aromatic heterocycles. The zero-order valence-corrected chi connectivity index (χ0v) is 15.3. The van der Waals surface area contributed by atoms with E-state index in [0.29, 0.717) is 18.3 Å². The number of hydrogen-bond donors (Lipinski definition) is 1. The van der Waals surface area contributed by atoms with Crippen LogP contribution in [0.25, 0.3) is 0 Å². The van der Waals surface area contributed by atoms with Crippen molar-refractivity contribution < 1.29 is 14.4 Å². The number of nitrogens with zero attached hydrogens (tertiary/aromatic N) is 1. The van der Waals surface area contributed by atoms with Crippen LogP contribution in [0, 0.1) is 23.2 Å². The molecule has 0 radical (unpaired) electrons. The maximum Gasteiger partial charge on any atom is 0.229 e. The monoisotopic (exact) mass is 346 g/mol. The third-order valence-corrected chi connectivity index (χ3v) is 7.29. The molecule has 5 heteroatoms. The van der Waals surface area contributed by atoms with Gasteiger partial charge in [0, 0.05) is 31.8 Å². The standard InChI is InChI=1S/C20H30N2O3/c1-2-16(20-10-13-7-14(11-20)9-15(8-13)12-20)21-17(23)5-6-22-18(24)3-4-19(22)25/h13-16H,2-12H2,1H3,(H,21,23)/t13?,14?,15?,16-,20?/m0/s1. The Balaban J connectivity index is 1.36. The van der Waals surface area contributed by atoms with E-state index in [1.165, 1.54) is 43.4 Å². The van der Waals surface area contributed by atoms with E-state index < -0.39 is 0 Å². The van der Waals surface area contributed by atoms with Gasteiger partial charge in [-0.25, -0.2) is 0 Å². The summed E-state index contributed by atoms with van der Waals surface area (Å²) in [6, 6.07) is 0.249. The highest BCUT2D eigenvalue weighted by Gasteiger charge is 2.54. The second-order valence-corrected chi connectivity index (χ2v) is 9.00. The Morgan fingerprint density at radius 1 is 1.08 bits per heavy atom. The van der Waals surface area contributed by atoms with E-state index in [0.717, 1.165) is 24.2 Å². The topological polar surface area (TPSA) is 66.5 Å². The third kappa shape index (κ3) is 3.11. The fraction of sp³-hybridized carbons (Fsp3) is 0.850. The van der Waals surface area contributed by atoms with Gasteiger partial charge in [0.25, 0.3) is 0 Å². The Kier molecular flexibility index (Phi) is 4.37. The van der Waals surface area contributed by atoms with Gasteiger partial charge in [0.15, 0.2) is 0 Å². The summed E-state index contributed by atoms with van der Waals surface area (Å²) < 4.78 is 0. The molecule has 5 nitrogen and oxygen atoms in total. The molecular weight excluding hydrogens is 316 g/mol. The lowest BCUT2D eigenvalue weighted by atomic mass is 9.47. The quantitative estimate of drug-likeness (QED) is 0.752. The summed E-state index contributed by atoms with van der Waals surface area (Å²) in [4.78, 5) is 37.1. The van der Waals surface area contributed by atoms with Gasteiger partial charge < -0.3 is 5.32 Å². The van der Waals surface area contributed by atoms with E-state index in [1.807, 2.05) is 0 Å². The van der Waals surface area contributed by atoms with E-state index in [1.54, 1.807) is 0 Å². The molecule has 1 aliphatic heterocycles. The smallest absolute Gasteiger partial charge is 0.229 e. The van der Waals surface area contributed by atoms with Crippen molar-refractivity contribution in [3.05, 3.63) is 0 Å². The fourth-order valence-electron chi connectivity index (χ4n) is 6.64. The molecule has 5 rings (SSSR count). The Morgan fingerprint density at radius 2 is 1.60 bits per heavy atom. The second-order valence-electron chi connectivity index (χ2n) is 9.00. The predicted molar refractivity (Wildman–Crippen MR) is 93.4 cm³/mol. The van der Waals surface area contributed by atoms with Crippen molar-refractivity contribution in [1.29, 1.82) is 0 Å². The normalized spacial score (nSPS) is 37.6. The minimum atomic E-state index is -0.133. The number of carbonyl (C=O) groups is 3. The predicted octanol–water partition coefficient (Wildman–Crippen LogP) is 2.64. The van der Waals surface area contributed by atoms with Crippen molar-refractivity contribution in [2.45, 2.75) is 77.2 Å². The van der Waals surface area contributed by atoms with Crippen molar-refractivity contribution in [2.24, 2.45) is 23.2 Å². The first kappa shape index (κ1) is 17.0. The lowest BCUT2D eigenvalue weighted by molar-refractivity contribution is -0.138. The molecule has 3 amide bonds. The first-order valence-corrected chi connectivity index (χ1v) is 10.1. The average molecular weight is 346 g/mol. The van der Waals surface area contributed by atoms with Crippen molar-refractivity contribution >= 4 is 17.7 Å². The number of carbonyl (C=O) groups excluding carboxylic acids is 3. The van der Waals surface area contributed by atoms with E-state index >= 15 is 0 Å². The van der Waals surface area contributed by atoms with Crippen molar-refractivity contribution in [2.75, 3.05) is 6.54 Å². The molecule has 4 aliphatic carbocycles. The van der Waals surface area contributed by atoms with E-state index in [4.69, 9.17) is 0 Å². The van der Waals surface area contributed by atoms with E-state index in [2.05, 4.69) is 12.2 Å². The maximum absolute atomic E-state index is 12.5. The van der Waals surface area contributed by atoms with Crippen LogP contribution in [0.3, 0.4) is 0 Å². The minimum Gasteiger partial charge on any atom is -0.353 e. The molecule has 25 heavy (non-hydrogen) atoms. The van der Waals surface area contributed by atoms with E-state index in [-0.39, 0.29) is 36.7 Å². The lowest BCUT2D eigenvalue weighted by Crippen LogP contribution is -2.56. The molecule has 4 saturated carbocycles. The summed E-state index contributed by atoms with van der Waals surface area (Å²) in [6.07, 6.45) is 9.85. The van der Waals surface area contributed by atoms with Gasteiger partial charge in [-0.15, -0.1) is 0 Å². The van der Waals surface area contributed by atoms with Crippen LogP contribution in [-0.2, 0) is 14.4 Å². The largest absolute Gasteiger partial charge is 0.353 e. The van der Waals surface area contributed by atoms with Gasteiger partial charge in [-0.05, 0) is 68.1 Å². The minimum absolute atomic E-state index is 0.00454. The fourth-order valence-corrected chi connectivity index (χ4v) is 6.64. The van der Waals surface area contributed by atoms with Crippen LogP contribution in [0.5, 0.6) is 0 Å². The van der Waals surface area contributed by atoms with Crippen LogP contribution in [-0.4, -0.2) is 35.2 Å². The van der Waals surface area contributed by atoms with Crippen LogP contribution in [0.4, 0.5) is 0 Å². The van der Waals surface area contributed by atoms with Crippen LogP contribution in [0.15, 0.2) is 0 Å². The Labute approximate surface area is 149 Å². The molecule has 1 heterocycles. The number of likely N-dealkylation sites (tertiary alicyclic amines) is 1. The SMILES string of the molecule is CC[C@H](NC(=O)CCN1C(=O)CCC1=O)C12CC3CC(CC(C3)C1)C2. The third-order valence-electron chi connectivity index (χ3n) is 7.29. The van der Waals surface area contributed by atoms with Gasteiger partial charge in [-0.2, -0.15) is 0 Å². The van der Waals surface area contributed by atoms with Gasteiger partial charge in [0.2, 0.25) is 17.7 Å². The highest BCUT2D eigenvalue weighted by molar-refractivity contribution is 6.02. The zero-order chi connectivity index (χ0) is 17.6. The van der Waals surface area contributed by atoms with Crippen LogP contribution >= 0.6 is 0 Å². The number of hydrogen-bond acceptors (Lipinski definition) is 3. The van der Waals surface area contributed by atoms with Crippen LogP contribution < -0.4 is 5.32 Å². The molecule has 1 N–H and O–H groups in total. The van der Waals surface area contributed by atoms with Gasteiger partial charge in [0.1, 0.15) is 0 Å². The van der Waals surface area contributed by atoms with Crippen LogP contribution in [0.2, 0.25) is 0 Å². The molecule has 5 aliphatic rings. The number of amides is 3. The van der Waals surface area contributed by atoms with Gasteiger partial charge in [-0.3, -0.25) is 19.3 Å². The first-order valence-electron chi connectivity index (χ1n) is 10.1. The lowest BCUT2D eigenvalue weighted by Gasteiger charge is -2.59. The molecular formula is C20H30N2O3. The number of rotatable bonds is 6. The summed E-state index contributed by atoms with van der Waals surface area (Å²) in [5, 5.41) is 3.29. The highest BCUT2D eigenvalue weighted by Crippen LogP contribution is 2.61. The summed E-state index contributed by atoms with van der Waals surface area (Å²) >= 11 is 0. The molecule has 1 saturated heterocycles. The van der Waals surface area contributed by atoms with Crippen LogP contribution in [0.1, 0.15) is 71.1 Å². The molecule has 0 aromatic carbocycles. The van der Waals surface area contributed by atoms with Gasteiger partial charge in [0.05, 0.1) is 0 Å². The number of imide groups is 1. The molecule has 0 aromatic rings. The van der Waals surface area contributed by atoms with Crippen molar-refractivity contribution in [3.63, 3.8) is 0 Å². The highest BCUT2D eigenvalue weighted by atomic mass is 16.2. The second kappa shape index (κ2) is 6.40. The number of nitrogens with one attached hydrogen (secondary N) is 1. The first-order chi connectivity index (χ1) is 12.0. The molecule has 4 bridgehead atoms. The average Bonchev–Trinajstić information content (AvgIpc) is 2.87. The summed E-state index contributed by atoms with van der Waals surface area (Å²) in [6.45, 7) is 2.41. The molecule has 1 atom stereocenters. The van der Waals surface area contributed by atoms with E-state index in [9.17, 15) is 14.4 Å². The van der Waals surface area contributed by atoms with Gasteiger partial charge in [-0.1, -0.05) is 6.92 Å². The maximum atomic E-state index is 12.5. The molecule has 0 unspecified atom stereocenters.